The molecule has 36 heavy (non-hydrogen) atoms. The van der Waals surface area contributed by atoms with Crippen molar-refractivity contribution in [2.75, 3.05) is 18.9 Å². The first kappa shape index (κ1) is 24.6. The Kier molecular flexibility index (Phi) is 6.81. The molecule has 1 aromatic heterocycles. The number of nitrogens with zero attached hydrogens (tertiary/aromatic N) is 3. The van der Waals surface area contributed by atoms with Crippen molar-refractivity contribution in [3.05, 3.63) is 46.8 Å². The quantitative estimate of drug-likeness (QED) is 0.308. The molecule has 0 spiro atoms. The van der Waals surface area contributed by atoms with E-state index in [1.165, 1.54) is 17.9 Å². The van der Waals surface area contributed by atoms with Crippen molar-refractivity contribution in [3.8, 4) is 0 Å². The number of piperidine rings is 1. The number of fused-ring (bicyclic) bond motifs is 1. The largest absolute Gasteiger partial charge is 0.354 e. The van der Waals surface area contributed by atoms with Gasteiger partial charge in [-0.05, 0) is 37.0 Å². The van der Waals surface area contributed by atoms with Gasteiger partial charge in [0.25, 0.3) is 17.7 Å². The van der Waals surface area contributed by atoms with Crippen LogP contribution in [-0.2, 0) is 23.1 Å². The van der Waals surface area contributed by atoms with Crippen LogP contribution >= 0.6 is 0 Å². The summed E-state index contributed by atoms with van der Waals surface area (Å²) >= 11 is 0. The molecule has 0 aliphatic carbocycles. The lowest BCUT2D eigenvalue weighted by molar-refractivity contribution is -0.136. The molecule has 2 aromatic rings. The average Bonchev–Trinajstić information content (AvgIpc) is 3.32. The Bertz CT molecular complexity index is 1280. The van der Waals surface area contributed by atoms with E-state index in [1.807, 2.05) is 0 Å². The Morgan fingerprint density at radius 2 is 1.89 bits per heavy atom. The molecule has 7 amide bonds. The van der Waals surface area contributed by atoms with Crippen molar-refractivity contribution in [1.82, 2.24) is 30.6 Å². The van der Waals surface area contributed by atoms with Crippen LogP contribution in [0.25, 0.3) is 0 Å². The summed E-state index contributed by atoms with van der Waals surface area (Å²) in [5, 5.41) is 13.9. The summed E-state index contributed by atoms with van der Waals surface area (Å²) in [5.74, 6) is -2.62. The molecular weight excluding hydrogens is 470 g/mol. The number of amides is 7. The van der Waals surface area contributed by atoms with E-state index in [0.717, 1.165) is 10.5 Å². The zero-order valence-corrected chi connectivity index (χ0v) is 19.7. The SMILES string of the molecule is CNC(=O)c1nn(C)cc1NC(=O)NCCCc1ccc2c(c1)C(=O)N(C1CCC(=O)NC1=O)C2=O. The molecule has 1 atom stereocenters. The first-order valence-corrected chi connectivity index (χ1v) is 11.3. The van der Waals surface area contributed by atoms with E-state index in [1.54, 1.807) is 25.2 Å². The second kappa shape index (κ2) is 9.98. The fraction of sp³-hybridized carbons (Fsp3) is 0.348. The van der Waals surface area contributed by atoms with Gasteiger partial charge >= 0.3 is 6.03 Å². The number of anilines is 1. The van der Waals surface area contributed by atoms with Gasteiger partial charge in [-0.2, -0.15) is 5.10 Å². The molecule has 0 radical (unpaired) electrons. The normalized spacial score (nSPS) is 17.1. The third-order valence-corrected chi connectivity index (χ3v) is 5.95. The van der Waals surface area contributed by atoms with Crippen molar-refractivity contribution >= 4 is 41.3 Å². The number of aromatic nitrogens is 2. The fourth-order valence-corrected chi connectivity index (χ4v) is 4.20. The Balaban J connectivity index is 1.32. The highest BCUT2D eigenvalue weighted by atomic mass is 16.2. The third-order valence-electron chi connectivity index (χ3n) is 5.95. The first-order chi connectivity index (χ1) is 17.2. The zero-order chi connectivity index (χ0) is 26.0. The number of aryl methyl sites for hydroxylation is 2. The van der Waals surface area contributed by atoms with Gasteiger partial charge < -0.3 is 16.0 Å². The van der Waals surface area contributed by atoms with Gasteiger partial charge in [0.1, 0.15) is 6.04 Å². The topological polar surface area (TPSA) is 172 Å². The van der Waals surface area contributed by atoms with Crippen LogP contribution in [0, 0.1) is 0 Å². The van der Waals surface area contributed by atoms with Gasteiger partial charge in [0.2, 0.25) is 11.8 Å². The van der Waals surface area contributed by atoms with Crippen LogP contribution in [0.3, 0.4) is 0 Å². The summed E-state index contributed by atoms with van der Waals surface area (Å²) in [4.78, 5) is 74.3. The van der Waals surface area contributed by atoms with E-state index in [-0.39, 0.29) is 35.3 Å². The van der Waals surface area contributed by atoms with Gasteiger partial charge in [0, 0.05) is 33.3 Å². The molecule has 13 nitrogen and oxygen atoms in total. The van der Waals surface area contributed by atoms with Gasteiger partial charge in [-0.25, -0.2) is 4.79 Å². The van der Waals surface area contributed by atoms with Crippen LogP contribution in [0.4, 0.5) is 10.5 Å². The highest BCUT2D eigenvalue weighted by Gasteiger charge is 2.44. The van der Waals surface area contributed by atoms with E-state index in [9.17, 15) is 28.8 Å². The molecule has 2 aliphatic rings. The Morgan fingerprint density at radius 1 is 1.14 bits per heavy atom. The number of imide groups is 2. The van der Waals surface area contributed by atoms with Crippen LogP contribution < -0.4 is 21.3 Å². The number of hydrogen-bond donors (Lipinski definition) is 4. The molecule has 0 bridgehead atoms. The standard InChI is InChI=1S/C23H25N7O6/c1-24-20(33)18-15(11-29(2)28-18)26-23(36)25-9-3-4-12-5-6-13-14(10-12)22(35)30(21(13)34)16-7-8-17(31)27-19(16)32/h5-6,10-11,16H,3-4,7-9H2,1-2H3,(H,24,33)(H2,25,26,36)(H,27,31,32). The molecule has 1 saturated heterocycles. The predicted octanol–water partition coefficient (Wildman–Crippen LogP) is -0.0648. The predicted molar refractivity (Wildman–Crippen MR) is 125 cm³/mol. The summed E-state index contributed by atoms with van der Waals surface area (Å²) in [6.45, 7) is 0.313. The zero-order valence-electron chi connectivity index (χ0n) is 19.7. The van der Waals surface area contributed by atoms with Gasteiger partial charge in [-0.1, -0.05) is 6.07 Å². The molecule has 13 heteroatoms. The number of nitrogens with one attached hydrogen (secondary N) is 4. The monoisotopic (exact) mass is 495 g/mol. The Hall–Kier alpha value is -4.55. The van der Waals surface area contributed by atoms with Crippen LogP contribution in [0.1, 0.15) is 56.0 Å². The summed E-state index contributed by atoms with van der Waals surface area (Å²) in [6.07, 6.45) is 2.74. The van der Waals surface area contributed by atoms with Crippen molar-refractivity contribution < 1.29 is 28.8 Å². The molecule has 1 fully saturated rings. The minimum Gasteiger partial charge on any atom is -0.354 e. The molecule has 1 aromatic carbocycles. The highest BCUT2D eigenvalue weighted by molar-refractivity contribution is 6.23. The number of carbonyl (C=O) groups excluding carboxylic acids is 6. The fourth-order valence-electron chi connectivity index (χ4n) is 4.20. The first-order valence-electron chi connectivity index (χ1n) is 11.3. The van der Waals surface area contributed by atoms with Gasteiger partial charge in [-0.3, -0.25) is 38.9 Å². The second-order valence-corrected chi connectivity index (χ2v) is 8.46. The Labute approximate surface area is 205 Å². The van der Waals surface area contributed by atoms with E-state index in [2.05, 4.69) is 26.4 Å². The summed E-state index contributed by atoms with van der Waals surface area (Å²) < 4.78 is 1.42. The van der Waals surface area contributed by atoms with Crippen LogP contribution in [0.15, 0.2) is 24.4 Å². The summed E-state index contributed by atoms with van der Waals surface area (Å²) in [7, 11) is 3.10. The van der Waals surface area contributed by atoms with Gasteiger partial charge in [-0.15, -0.1) is 0 Å². The van der Waals surface area contributed by atoms with Crippen LogP contribution in [0.5, 0.6) is 0 Å². The third kappa shape index (κ3) is 4.80. The number of carbonyl (C=O) groups is 6. The van der Waals surface area contributed by atoms with E-state index in [0.29, 0.717) is 19.4 Å². The number of benzene rings is 1. The number of rotatable bonds is 7. The maximum absolute atomic E-state index is 12.9. The maximum Gasteiger partial charge on any atom is 0.319 e. The highest BCUT2D eigenvalue weighted by Crippen LogP contribution is 2.28. The average molecular weight is 495 g/mol. The molecule has 188 valence electrons. The molecular formula is C23H25N7O6. The smallest absolute Gasteiger partial charge is 0.319 e. The number of hydrogen-bond acceptors (Lipinski definition) is 7. The number of urea groups is 1. The minimum atomic E-state index is -1.01. The van der Waals surface area contributed by atoms with E-state index >= 15 is 0 Å². The van der Waals surface area contributed by atoms with E-state index in [4.69, 9.17) is 0 Å². The van der Waals surface area contributed by atoms with Crippen LogP contribution in [0.2, 0.25) is 0 Å². The van der Waals surface area contributed by atoms with Crippen molar-refractivity contribution in [1.29, 1.82) is 0 Å². The Morgan fingerprint density at radius 3 is 2.61 bits per heavy atom. The lowest BCUT2D eigenvalue weighted by Crippen LogP contribution is -2.54. The molecule has 4 N–H and O–H groups in total. The van der Waals surface area contributed by atoms with Crippen molar-refractivity contribution in [2.45, 2.75) is 31.7 Å². The summed E-state index contributed by atoms with van der Waals surface area (Å²) in [6, 6.07) is 3.39. The molecule has 4 rings (SSSR count). The van der Waals surface area contributed by atoms with Crippen LogP contribution in [-0.4, -0.2) is 69.9 Å². The molecule has 2 aliphatic heterocycles. The van der Waals surface area contributed by atoms with Gasteiger partial charge in [0.15, 0.2) is 5.69 Å². The lowest BCUT2D eigenvalue weighted by atomic mass is 10.0. The van der Waals surface area contributed by atoms with E-state index < -0.39 is 41.6 Å². The molecule has 1 unspecified atom stereocenters. The molecule has 0 saturated carbocycles. The van der Waals surface area contributed by atoms with Gasteiger partial charge in [0.05, 0.1) is 16.8 Å². The summed E-state index contributed by atoms with van der Waals surface area (Å²) in [5.41, 5.74) is 1.59. The second-order valence-electron chi connectivity index (χ2n) is 8.46. The lowest BCUT2D eigenvalue weighted by Gasteiger charge is -2.27. The molecule has 3 heterocycles. The van der Waals surface area contributed by atoms with Crippen molar-refractivity contribution in [2.24, 2.45) is 7.05 Å². The maximum atomic E-state index is 12.9. The van der Waals surface area contributed by atoms with Crippen molar-refractivity contribution in [3.63, 3.8) is 0 Å². The minimum absolute atomic E-state index is 0.0591.